The highest BCUT2D eigenvalue weighted by Crippen LogP contribution is 2.83. The largest absolute Gasteiger partial charge is 0.457 e. The molecule has 1 N–H and O–H groups in total. The number of ether oxygens (including phenoxy) is 5. The summed E-state index contributed by atoms with van der Waals surface area (Å²) in [5, 5.41) is 11.8. The van der Waals surface area contributed by atoms with E-state index in [2.05, 4.69) is 20.8 Å². The first-order chi connectivity index (χ1) is 19.7. The van der Waals surface area contributed by atoms with Gasteiger partial charge in [-0.05, 0) is 43.2 Å². The third-order valence-corrected chi connectivity index (χ3v) is 11.2. The van der Waals surface area contributed by atoms with Crippen molar-refractivity contribution in [3.05, 3.63) is 77.0 Å². The summed E-state index contributed by atoms with van der Waals surface area (Å²) in [6, 6.07) is 12.3. The molecule has 9 rings (SSSR count). The molecule has 1 aromatic carbocycles. The molecule has 3 saturated heterocycles. The van der Waals surface area contributed by atoms with Gasteiger partial charge in [0.1, 0.15) is 29.5 Å². The molecule has 0 amide bonds. The zero-order valence-corrected chi connectivity index (χ0v) is 22.9. The quantitative estimate of drug-likeness (QED) is 0.338. The molecular formula is C32H30O9. The topological polar surface area (TPSA) is 124 Å². The van der Waals surface area contributed by atoms with Gasteiger partial charge in [-0.2, -0.15) is 0 Å². The summed E-state index contributed by atoms with van der Waals surface area (Å²) in [6.45, 7) is 6.34. The summed E-state index contributed by atoms with van der Waals surface area (Å²) < 4.78 is 36.7. The van der Waals surface area contributed by atoms with E-state index in [4.69, 9.17) is 28.1 Å². The number of allylic oxidation sites excluding steroid dienone is 1. The monoisotopic (exact) mass is 558 g/mol. The summed E-state index contributed by atoms with van der Waals surface area (Å²) in [5.41, 5.74) is -0.759. The molecule has 41 heavy (non-hydrogen) atoms. The van der Waals surface area contributed by atoms with Gasteiger partial charge in [-0.1, -0.05) is 51.1 Å². The SMILES string of the molecule is CC(C)[C@]12O[C@H]1[C@@H]1O[C@]13[C@]1(O[C@H]1C[C@H]1C4=C(CC[C@@]13C)C(=O)O/C4=C(/OC(=O)c1ccco1)c1ccccc1)[C@@H]2O. The van der Waals surface area contributed by atoms with Gasteiger partial charge in [-0.25, -0.2) is 9.59 Å². The molecule has 0 unspecified atom stereocenters. The summed E-state index contributed by atoms with van der Waals surface area (Å²) in [5.74, 6) is -0.714. The van der Waals surface area contributed by atoms with Crippen LogP contribution in [0.1, 0.15) is 56.2 Å². The van der Waals surface area contributed by atoms with Crippen LogP contribution >= 0.6 is 0 Å². The number of carbonyl (C=O) groups excluding carboxylic acids is 2. The standard InChI is InChI=1S/C32H30O9/c1-15(2)30-24(40-30)25-32(41-25)29(3)12-11-17-21(18(29)14-20-31(32,39-20)28(30)35)23(38-26(17)33)22(16-8-5-4-6-9-16)37-27(34)19-10-7-13-36-19/h4-10,13,15,18,20,24-25,28,35H,11-12,14H2,1-3H3/b23-22+/t18-,20-,24-,25-,28+,29-,30-,31+,32+/m0/s1. The predicted octanol–water partition coefficient (Wildman–Crippen LogP) is 3.92. The minimum absolute atomic E-state index is 0.0437. The molecule has 9 atom stereocenters. The van der Waals surface area contributed by atoms with Crippen molar-refractivity contribution < 1.29 is 42.8 Å². The molecule has 3 aliphatic carbocycles. The molecule has 4 aliphatic heterocycles. The van der Waals surface area contributed by atoms with Crippen molar-refractivity contribution in [1.29, 1.82) is 0 Å². The third kappa shape index (κ3) is 2.60. The minimum Gasteiger partial charge on any atom is -0.457 e. The number of hydrogen-bond donors (Lipinski definition) is 1. The van der Waals surface area contributed by atoms with E-state index < -0.39 is 40.3 Å². The van der Waals surface area contributed by atoms with E-state index >= 15 is 0 Å². The number of fused-ring (bicyclic) bond motifs is 4. The Kier molecular flexibility index (Phi) is 4.39. The van der Waals surface area contributed by atoms with Gasteiger partial charge in [0.15, 0.2) is 17.1 Å². The van der Waals surface area contributed by atoms with E-state index in [1.807, 2.05) is 30.3 Å². The molecule has 0 radical (unpaired) electrons. The van der Waals surface area contributed by atoms with Crippen LogP contribution < -0.4 is 0 Å². The average molecular weight is 559 g/mol. The maximum atomic E-state index is 13.3. The molecule has 0 bridgehead atoms. The van der Waals surface area contributed by atoms with Crippen LogP contribution in [-0.4, -0.2) is 58.3 Å². The molecule has 2 aromatic rings. The number of hydrogen-bond acceptors (Lipinski definition) is 9. The van der Waals surface area contributed by atoms with Gasteiger partial charge < -0.3 is 33.2 Å². The molecule has 9 heteroatoms. The fourth-order valence-corrected chi connectivity index (χ4v) is 9.18. The number of esters is 2. The molecule has 5 heterocycles. The van der Waals surface area contributed by atoms with E-state index in [9.17, 15) is 14.7 Å². The fourth-order valence-electron chi connectivity index (χ4n) is 9.18. The van der Waals surface area contributed by atoms with Gasteiger partial charge in [0.25, 0.3) is 0 Å². The minimum atomic E-state index is -0.834. The Morgan fingerprint density at radius 3 is 2.61 bits per heavy atom. The number of benzene rings is 1. The summed E-state index contributed by atoms with van der Waals surface area (Å²) in [6.07, 6.45) is 1.70. The van der Waals surface area contributed by atoms with Crippen LogP contribution in [0.15, 0.2) is 70.1 Å². The smallest absolute Gasteiger partial charge is 0.379 e. The van der Waals surface area contributed by atoms with Gasteiger partial charge >= 0.3 is 11.9 Å². The normalized spacial score (nSPS) is 45.4. The number of cyclic esters (lactones) is 1. The summed E-state index contributed by atoms with van der Waals surface area (Å²) in [4.78, 5) is 26.5. The van der Waals surface area contributed by atoms with Crippen molar-refractivity contribution in [2.24, 2.45) is 17.3 Å². The Morgan fingerprint density at radius 1 is 1.07 bits per heavy atom. The predicted molar refractivity (Wildman–Crippen MR) is 140 cm³/mol. The number of furan rings is 1. The van der Waals surface area contributed by atoms with Crippen LogP contribution in [0.5, 0.6) is 0 Å². The van der Waals surface area contributed by atoms with Crippen molar-refractivity contribution in [3.63, 3.8) is 0 Å². The lowest BCUT2D eigenvalue weighted by Crippen LogP contribution is -2.69. The molecule has 212 valence electrons. The molecular weight excluding hydrogens is 528 g/mol. The Labute approximate surface area is 236 Å². The summed E-state index contributed by atoms with van der Waals surface area (Å²) >= 11 is 0. The third-order valence-electron chi connectivity index (χ3n) is 11.2. The number of carbonyl (C=O) groups is 2. The van der Waals surface area contributed by atoms with E-state index in [1.54, 1.807) is 6.07 Å². The second kappa shape index (κ2) is 7.39. The molecule has 5 fully saturated rings. The fraction of sp³-hybridized carbons (Fsp3) is 0.500. The van der Waals surface area contributed by atoms with Gasteiger partial charge in [0, 0.05) is 22.1 Å². The van der Waals surface area contributed by atoms with Crippen molar-refractivity contribution in [1.82, 2.24) is 0 Å². The van der Waals surface area contributed by atoms with Crippen molar-refractivity contribution in [3.8, 4) is 0 Å². The highest BCUT2D eigenvalue weighted by atomic mass is 16.7. The molecule has 1 aromatic heterocycles. The second-order valence-corrected chi connectivity index (χ2v) is 13.0. The van der Waals surface area contributed by atoms with E-state index in [0.29, 0.717) is 30.4 Å². The van der Waals surface area contributed by atoms with Crippen LogP contribution in [-0.2, 0) is 28.5 Å². The molecule has 7 aliphatic rings. The Hall–Kier alpha value is -3.24. The lowest BCUT2D eigenvalue weighted by atomic mass is 9.46. The van der Waals surface area contributed by atoms with Gasteiger partial charge in [-0.3, -0.25) is 0 Å². The second-order valence-electron chi connectivity index (χ2n) is 13.0. The molecule has 9 nitrogen and oxygen atoms in total. The van der Waals surface area contributed by atoms with Gasteiger partial charge in [0.2, 0.25) is 5.76 Å². The molecule has 2 saturated carbocycles. The maximum Gasteiger partial charge on any atom is 0.379 e. The van der Waals surface area contributed by atoms with Crippen molar-refractivity contribution in [2.75, 3.05) is 0 Å². The highest BCUT2D eigenvalue weighted by Gasteiger charge is 3.00. The Balaban J connectivity index is 1.18. The number of rotatable bonds is 4. The summed E-state index contributed by atoms with van der Waals surface area (Å²) in [7, 11) is 0. The maximum absolute atomic E-state index is 13.3. The lowest BCUT2D eigenvalue weighted by Gasteiger charge is -2.53. The number of aliphatic hydroxyl groups excluding tert-OH is 1. The zero-order valence-electron chi connectivity index (χ0n) is 22.9. The zero-order chi connectivity index (χ0) is 28.1. The van der Waals surface area contributed by atoms with Gasteiger partial charge in [0.05, 0.1) is 12.4 Å². The number of aliphatic hydroxyl groups is 1. The van der Waals surface area contributed by atoms with Crippen LogP contribution in [0.2, 0.25) is 0 Å². The Morgan fingerprint density at radius 2 is 1.88 bits per heavy atom. The average Bonchev–Trinajstić information content (AvgIpc) is 3.90. The first kappa shape index (κ1) is 24.4. The highest BCUT2D eigenvalue weighted by molar-refractivity contribution is 5.98. The molecule has 2 spiro atoms. The van der Waals surface area contributed by atoms with Crippen molar-refractivity contribution >= 4 is 17.7 Å². The van der Waals surface area contributed by atoms with Crippen LogP contribution in [0, 0.1) is 17.3 Å². The van der Waals surface area contributed by atoms with Crippen molar-refractivity contribution in [2.45, 2.75) is 81.3 Å². The Bertz CT molecular complexity index is 1590. The first-order valence-corrected chi connectivity index (χ1v) is 14.4. The van der Waals surface area contributed by atoms with E-state index in [-0.39, 0.29) is 47.4 Å². The van der Waals surface area contributed by atoms with Crippen LogP contribution in [0.25, 0.3) is 5.76 Å². The number of epoxide rings is 3. The van der Waals surface area contributed by atoms with Gasteiger partial charge in [-0.15, -0.1) is 0 Å². The van der Waals surface area contributed by atoms with Crippen LogP contribution in [0.4, 0.5) is 0 Å². The first-order valence-electron chi connectivity index (χ1n) is 14.4. The van der Waals surface area contributed by atoms with Crippen LogP contribution in [0.3, 0.4) is 0 Å². The van der Waals surface area contributed by atoms with E-state index in [1.165, 1.54) is 12.3 Å². The lowest BCUT2D eigenvalue weighted by molar-refractivity contribution is -0.133. The van der Waals surface area contributed by atoms with E-state index in [0.717, 1.165) is 5.57 Å².